The van der Waals surface area contributed by atoms with Crippen molar-refractivity contribution in [1.82, 2.24) is 5.32 Å². The Kier molecular flexibility index (Phi) is 4.45. The molecular weight excluding hydrogens is 228 g/mol. The number of benzene rings is 1. The number of amides is 2. The van der Waals surface area contributed by atoms with Crippen LogP contribution in [-0.2, 0) is 0 Å². The van der Waals surface area contributed by atoms with Crippen molar-refractivity contribution in [2.45, 2.75) is 32.1 Å². The molecule has 2 rings (SSSR count). The van der Waals surface area contributed by atoms with Crippen molar-refractivity contribution >= 4 is 11.7 Å². The predicted molar refractivity (Wildman–Crippen MR) is 71.7 cm³/mol. The number of rotatable bonds is 3. The second kappa shape index (κ2) is 6.28. The molecule has 0 spiro atoms. The largest absolute Gasteiger partial charge is 0.508 e. The quantitative estimate of drug-likeness (QED) is 0.769. The standard InChI is InChI=1S/C14H20N2O2/c17-13-8-4-7-12(9-13)16-14(18)15-10-11-5-2-1-3-6-11/h4,7-9,11,17H,1-3,5-6,10H2,(H2,15,16,18). The molecule has 0 bridgehead atoms. The number of hydrogen-bond acceptors (Lipinski definition) is 2. The van der Waals surface area contributed by atoms with Gasteiger partial charge in [-0.2, -0.15) is 0 Å². The van der Waals surface area contributed by atoms with Crippen LogP contribution in [0.4, 0.5) is 10.5 Å². The van der Waals surface area contributed by atoms with Crippen LogP contribution in [0.25, 0.3) is 0 Å². The normalized spacial score (nSPS) is 16.2. The van der Waals surface area contributed by atoms with Gasteiger partial charge in [0.1, 0.15) is 5.75 Å². The van der Waals surface area contributed by atoms with Crippen LogP contribution in [0.1, 0.15) is 32.1 Å². The van der Waals surface area contributed by atoms with Crippen LogP contribution in [0, 0.1) is 5.92 Å². The Morgan fingerprint density at radius 1 is 1.28 bits per heavy atom. The zero-order valence-electron chi connectivity index (χ0n) is 10.5. The zero-order chi connectivity index (χ0) is 12.8. The molecule has 0 aliphatic heterocycles. The summed E-state index contributed by atoms with van der Waals surface area (Å²) in [6, 6.07) is 6.35. The number of aromatic hydroxyl groups is 1. The summed E-state index contributed by atoms with van der Waals surface area (Å²) >= 11 is 0. The maximum atomic E-state index is 11.7. The minimum atomic E-state index is -0.203. The SMILES string of the molecule is O=C(NCC1CCCCC1)Nc1cccc(O)c1. The third kappa shape index (κ3) is 3.95. The lowest BCUT2D eigenvalue weighted by atomic mass is 9.89. The van der Waals surface area contributed by atoms with Crippen molar-refractivity contribution in [2.75, 3.05) is 11.9 Å². The van der Waals surface area contributed by atoms with E-state index < -0.39 is 0 Å². The van der Waals surface area contributed by atoms with Gasteiger partial charge in [-0.25, -0.2) is 4.79 Å². The highest BCUT2D eigenvalue weighted by Crippen LogP contribution is 2.22. The Bertz CT molecular complexity index is 401. The molecule has 4 heteroatoms. The second-order valence-corrected chi connectivity index (χ2v) is 4.89. The van der Waals surface area contributed by atoms with Gasteiger partial charge in [-0.15, -0.1) is 0 Å². The van der Waals surface area contributed by atoms with Gasteiger partial charge < -0.3 is 15.7 Å². The van der Waals surface area contributed by atoms with Gasteiger partial charge in [0.2, 0.25) is 0 Å². The Labute approximate surface area is 107 Å². The molecule has 3 N–H and O–H groups in total. The Hall–Kier alpha value is -1.71. The van der Waals surface area contributed by atoms with Crippen molar-refractivity contribution in [1.29, 1.82) is 0 Å². The van der Waals surface area contributed by atoms with Crippen LogP contribution in [-0.4, -0.2) is 17.7 Å². The summed E-state index contributed by atoms with van der Waals surface area (Å²) in [7, 11) is 0. The lowest BCUT2D eigenvalue weighted by molar-refractivity contribution is 0.247. The highest BCUT2D eigenvalue weighted by Gasteiger charge is 2.14. The molecule has 4 nitrogen and oxygen atoms in total. The average molecular weight is 248 g/mol. The van der Waals surface area contributed by atoms with Crippen LogP contribution < -0.4 is 10.6 Å². The van der Waals surface area contributed by atoms with E-state index in [-0.39, 0.29) is 11.8 Å². The van der Waals surface area contributed by atoms with Gasteiger partial charge in [-0.1, -0.05) is 25.3 Å². The third-order valence-electron chi connectivity index (χ3n) is 3.38. The van der Waals surface area contributed by atoms with Crippen LogP contribution in [0.2, 0.25) is 0 Å². The Balaban J connectivity index is 1.74. The summed E-state index contributed by atoms with van der Waals surface area (Å²) in [5.41, 5.74) is 0.608. The van der Waals surface area contributed by atoms with Gasteiger partial charge in [0.05, 0.1) is 0 Å². The highest BCUT2D eigenvalue weighted by atomic mass is 16.3. The first-order chi connectivity index (χ1) is 8.74. The highest BCUT2D eigenvalue weighted by molar-refractivity contribution is 5.89. The number of hydrogen-bond donors (Lipinski definition) is 3. The van der Waals surface area contributed by atoms with Crippen molar-refractivity contribution in [3.05, 3.63) is 24.3 Å². The Morgan fingerprint density at radius 2 is 2.06 bits per heavy atom. The van der Waals surface area contributed by atoms with Gasteiger partial charge >= 0.3 is 6.03 Å². The molecule has 0 radical (unpaired) electrons. The maximum Gasteiger partial charge on any atom is 0.319 e. The van der Waals surface area contributed by atoms with E-state index in [4.69, 9.17) is 0 Å². The molecule has 1 aliphatic carbocycles. The number of anilines is 1. The van der Waals surface area contributed by atoms with E-state index >= 15 is 0 Å². The summed E-state index contributed by atoms with van der Waals surface area (Å²) in [5.74, 6) is 0.772. The van der Waals surface area contributed by atoms with Crippen LogP contribution in [0.3, 0.4) is 0 Å². The number of phenolic OH excluding ortho intramolecular Hbond substituents is 1. The Morgan fingerprint density at radius 3 is 2.78 bits per heavy atom. The number of carbonyl (C=O) groups is 1. The first-order valence-corrected chi connectivity index (χ1v) is 6.58. The fraction of sp³-hybridized carbons (Fsp3) is 0.500. The first kappa shape index (κ1) is 12.7. The molecule has 1 aliphatic rings. The molecule has 1 saturated carbocycles. The molecule has 2 amide bonds. The van der Waals surface area contributed by atoms with Gasteiger partial charge in [-0.3, -0.25) is 0 Å². The average Bonchev–Trinajstić information content (AvgIpc) is 2.38. The lowest BCUT2D eigenvalue weighted by Crippen LogP contribution is -2.33. The number of carbonyl (C=O) groups excluding carboxylic acids is 1. The van der Waals surface area contributed by atoms with Crippen LogP contribution in [0.15, 0.2) is 24.3 Å². The van der Waals surface area contributed by atoms with E-state index in [2.05, 4.69) is 10.6 Å². The molecule has 1 fully saturated rings. The summed E-state index contributed by atoms with van der Waals surface area (Å²) in [6.07, 6.45) is 6.31. The summed E-state index contributed by atoms with van der Waals surface area (Å²) in [4.78, 5) is 11.7. The topological polar surface area (TPSA) is 61.4 Å². The number of phenols is 1. The molecule has 1 aromatic carbocycles. The lowest BCUT2D eigenvalue weighted by Gasteiger charge is -2.21. The van der Waals surface area contributed by atoms with Gasteiger partial charge in [-0.05, 0) is 30.9 Å². The van der Waals surface area contributed by atoms with Gasteiger partial charge in [0, 0.05) is 18.3 Å². The minimum absolute atomic E-state index is 0.153. The molecule has 0 saturated heterocycles. The van der Waals surface area contributed by atoms with Gasteiger partial charge in [0.25, 0.3) is 0 Å². The van der Waals surface area contributed by atoms with E-state index in [1.165, 1.54) is 38.2 Å². The van der Waals surface area contributed by atoms with Crippen LogP contribution in [0.5, 0.6) is 5.75 Å². The predicted octanol–water partition coefficient (Wildman–Crippen LogP) is 3.09. The maximum absolute atomic E-state index is 11.7. The molecule has 0 atom stereocenters. The van der Waals surface area contributed by atoms with Crippen molar-refractivity contribution in [2.24, 2.45) is 5.92 Å². The first-order valence-electron chi connectivity index (χ1n) is 6.58. The summed E-state index contributed by atoms with van der Waals surface area (Å²) in [6.45, 7) is 0.741. The van der Waals surface area contributed by atoms with E-state index in [1.807, 2.05) is 0 Å². The molecule has 0 heterocycles. The van der Waals surface area contributed by atoms with E-state index in [1.54, 1.807) is 18.2 Å². The van der Waals surface area contributed by atoms with Crippen molar-refractivity contribution in [3.63, 3.8) is 0 Å². The van der Waals surface area contributed by atoms with E-state index in [9.17, 15) is 9.90 Å². The fourth-order valence-corrected chi connectivity index (χ4v) is 2.39. The van der Waals surface area contributed by atoms with E-state index in [0.29, 0.717) is 11.6 Å². The molecule has 98 valence electrons. The van der Waals surface area contributed by atoms with Crippen molar-refractivity contribution in [3.8, 4) is 5.75 Å². The number of urea groups is 1. The molecule has 18 heavy (non-hydrogen) atoms. The molecule has 0 aromatic heterocycles. The van der Waals surface area contributed by atoms with E-state index in [0.717, 1.165) is 6.54 Å². The summed E-state index contributed by atoms with van der Waals surface area (Å²) < 4.78 is 0. The zero-order valence-corrected chi connectivity index (χ0v) is 10.5. The van der Waals surface area contributed by atoms with Crippen LogP contribution >= 0.6 is 0 Å². The summed E-state index contributed by atoms with van der Waals surface area (Å²) in [5, 5.41) is 14.9. The molecule has 1 aromatic rings. The van der Waals surface area contributed by atoms with Crippen molar-refractivity contribution < 1.29 is 9.90 Å². The fourth-order valence-electron chi connectivity index (χ4n) is 2.39. The molecular formula is C14H20N2O2. The second-order valence-electron chi connectivity index (χ2n) is 4.89. The monoisotopic (exact) mass is 248 g/mol. The van der Waals surface area contributed by atoms with Gasteiger partial charge in [0.15, 0.2) is 0 Å². The third-order valence-corrected chi connectivity index (χ3v) is 3.38. The molecule has 0 unspecified atom stereocenters. The minimum Gasteiger partial charge on any atom is -0.508 e. The number of nitrogens with one attached hydrogen (secondary N) is 2. The smallest absolute Gasteiger partial charge is 0.319 e.